The Morgan fingerprint density at radius 3 is 3.06 bits per heavy atom. The number of aromatic nitrogens is 2. The first-order valence-corrected chi connectivity index (χ1v) is 5.53. The molecule has 0 radical (unpaired) electrons. The standard InChI is InChI=1S/C12H15N3O/c1-2-3-8-12(16)14-15-9-13-10-6-4-5-7-11(10)15/h4-7,9H,2-3,8H2,1H3,(H,14,16). The molecular weight excluding hydrogens is 202 g/mol. The Morgan fingerprint density at radius 2 is 2.25 bits per heavy atom. The van der Waals surface area contributed by atoms with Crippen LogP contribution in [0.3, 0.4) is 0 Å². The van der Waals surface area contributed by atoms with E-state index in [4.69, 9.17) is 0 Å². The van der Waals surface area contributed by atoms with Gasteiger partial charge in [-0.2, -0.15) is 0 Å². The molecule has 0 aliphatic carbocycles. The molecule has 2 aromatic rings. The highest BCUT2D eigenvalue weighted by molar-refractivity contribution is 5.86. The third-order valence-corrected chi connectivity index (χ3v) is 2.46. The number of amides is 1. The zero-order valence-corrected chi connectivity index (χ0v) is 9.31. The number of benzene rings is 1. The van der Waals surface area contributed by atoms with E-state index in [0.717, 1.165) is 23.9 Å². The number of hydrogen-bond acceptors (Lipinski definition) is 2. The zero-order chi connectivity index (χ0) is 11.4. The first-order chi connectivity index (χ1) is 7.81. The molecule has 4 nitrogen and oxygen atoms in total. The number of carbonyl (C=O) groups excluding carboxylic acids is 1. The highest BCUT2D eigenvalue weighted by atomic mass is 16.2. The predicted octanol–water partition coefficient (Wildman–Crippen LogP) is 2.30. The van der Waals surface area contributed by atoms with Crippen LogP contribution in [0.15, 0.2) is 30.6 Å². The molecule has 0 bridgehead atoms. The van der Waals surface area contributed by atoms with Gasteiger partial charge in [0.15, 0.2) is 0 Å². The fourth-order valence-corrected chi connectivity index (χ4v) is 1.58. The summed E-state index contributed by atoms with van der Waals surface area (Å²) in [7, 11) is 0. The van der Waals surface area contributed by atoms with Gasteiger partial charge in [0.2, 0.25) is 5.91 Å². The predicted molar refractivity (Wildman–Crippen MR) is 63.6 cm³/mol. The largest absolute Gasteiger partial charge is 0.273 e. The Kier molecular flexibility index (Phi) is 3.19. The summed E-state index contributed by atoms with van der Waals surface area (Å²) in [4.78, 5) is 15.8. The minimum atomic E-state index is 0.0324. The van der Waals surface area contributed by atoms with Crippen molar-refractivity contribution in [1.82, 2.24) is 9.66 Å². The molecule has 2 rings (SSSR count). The Labute approximate surface area is 94.3 Å². The number of carbonyl (C=O) groups is 1. The van der Waals surface area contributed by atoms with Gasteiger partial charge in [-0.25, -0.2) is 9.66 Å². The Hall–Kier alpha value is -1.84. The number of fused-ring (bicyclic) bond motifs is 1. The molecule has 0 spiro atoms. The third kappa shape index (κ3) is 2.21. The molecule has 0 saturated carbocycles. The van der Waals surface area contributed by atoms with Gasteiger partial charge in [-0.05, 0) is 18.6 Å². The van der Waals surface area contributed by atoms with E-state index < -0.39 is 0 Å². The maximum atomic E-state index is 11.6. The van der Waals surface area contributed by atoms with Crippen molar-refractivity contribution >= 4 is 16.9 Å². The van der Waals surface area contributed by atoms with E-state index in [9.17, 15) is 4.79 Å². The first-order valence-electron chi connectivity index (χ1n) is 5.53. The van der Waals surface area contributed by atoms with Crippen molar-refractivity contribution in [2.75, 3.05) is 5.43 Å². The SMILES string of the molecule is CCCCC(=O)Nn1cnc2ccccc21. The molecule has 0 fully saturated rings. The number of hydrogen-bond donors (Lipinski definition) is 1. The topological polar surface area (TPSA) is 46.9 Å². The summed E-state index contributed by atoms with van der Waals surface area (Å²) in [5.41, 5.74) is 4.63. The fraction of sp³-hybridized carbons (Fsp3) is 0.333. The van der Waals surface area contributed by atoms with Gasteiger partial charge < -0.3 is 0 Å². The van der Waals surface area contributed by atoms with Gasteiger partial charge in [-0.1, -0.05) is 25.5 Å². The van der Waals surface area contributed by atoms with Crippen LogP contribution < -0.4 is 5.43 Å². The summed E-state index contributed by atoms with van der Waals surface area (Å²) < 4.78 is 1.67. The molecule has 1 aromatic heterocycles. The fourth-order valence-electron chi connectivity index (χ4n) is 1.58. The van der Waals surface area contributed by atoms with Crippen LogP contribution in [-0.2, 0) is 4.79 Å². The molecular formula is C12H15N3O. The minimum Gasteiger partial charge on any atom is -0.273 e. The Balaban J connectivity index is 2.12. The summed E-state index contributed by atoms with van der Waals surface area (Å²) in [5, 5.41) is 0. The average molecular weight is 217 g/mol. The molecule has 4 heteroatoms. The van der Waals surface area contributed by atoms with Crippen LogP contribution in [0.1, 0.15) is 26.2 Å². The van der Waals surface area contributed by atoms with Crippen molar-refractivity contribution in [1.29, 1.82) is 0 Å². The summed E-state index contributed by atoms with van der Waals surface area (Å²) in [5.74, 6) is 0.0324. The highest BCUT2D eigenvalue weighted by Crippen LogP contribution is 2.10. The van der Waals surface area contributed by atoms with E-state index in [2.05, 4.69) is 17.3 Å². The van der Waals surface area contributed by atoms with E-state index in [1.165, 1.54) is 0 Å². The van der Waals surface area contributed by atoms with E-state index in [-0.39, 0.29) is 5.91 Å². The second-order valence-electron chi connectivity index (χ2n) is 3.74. The lowest BCUT2D eigenvalue weighted by molar-refractivity contribution is -0.117. The molecule has 16 heavy (non-hydrogen) atoms. The van der Waals surface area contributed by atoms with Gasteiger partial charge in [0.05, 0.1) is 11.0 Å². The summed E-state index contributed by atoms with van der Waals surface area (Å²) in [6, 6.07) is 7.71. The van der Waals surface area contributed by atoms with Crippen molar-refractivity contribution in [2.24, 2.45) is 0 Å². The number of imidazole rings is 1. The summed E-state index contributed by atoms with van der Waals surface area (Å²) in [6.45, 7) is 2.07. The molecule has 0 aliphatic rings. The molecule has 0 aliphatic heterocycles. The second kappa shape index (κ2) is 4.79. The molecule has 0 atom stereocenters. The van der Waals surface area contributed by atoms with Crippen LogP contribution in [0.4, 0.5) is 0 Å². The molecule has 1 heterocycles. The average Bonchev–Trinajstić information content (AvgIpc) is 2.70. The van der Waals surface area contributed by atoms with E-state index >= 15 is 0 Å². The molecule has 0 unspecified atom stereocenters. The van der Waals surface area contributed by atoms with Crippen molar-refractivity contribution in [3.63, 3.8) is 0 Å². The monoisotopic (exact) mass is 217 g/mol. The van der Waals surface area contributed by atoms with Crippen LogP contribution in [0.25, 0.3) is 11.0 Å². The Bertz CT molecular complexity index is 490. The van der Waals surface area contributed by atoms with Gasteiger partial charge in [-0.15, -0.1) is 0 Å². The number of nitrogens with one attached hydrogen (secondary N) is 1. The number of unbranched alkanes of at least 4 members (excludes halogenated alkanes) is 1. The summed E-state index contributed by atoms with van der Waals surface area (Å²) >= 11 is 0. The number of nitrogens with zero attached hydrogens (tertiary/aromatic N) is 2. The van der Waals surface area contributed by atoms with Crippen LogP contribution >= 0.6 is 0 Å². The van der Waals surface area contributed by atoms with Crippen molar-refractivity contribution in [3.8, 4) is 0 Å². The van der Waals surface area contributed by atoms with Crippen LogP contribution in [0, 0.1) is 0 Å². The minimum absolute atomic E-state index is 0.0324. The Morgan fingerprint density at radius 1 is 1.44 bits per heavy atom. The second-order valence-corrected chi connectivity index (χ2v) is 3.74. The molecule has 0 saturated heterocycles. The lowest BCUT2D eigenvalue weighted by Gasteiger charge is -2.05. The first kappa shape index (κ1) is 10.7. The summed E-state index contributed by atoms with van der Waals surface area (Å²) in [6.07, 6.45) is 4.13. The van der Waals surface area contributed by atoms with E-state index in [1.807, 2.05) is 24.3 Å². The molecule has 1 amide bonds. The van der Waals surface area contributed by atoms with Gasteiger partial charge in [-0.3, -0.25) is 10.2 Å². The van der Waals surface area contributed by atoms with Gasteiger partial charge in [0.25, 0.3) is 0 Å². The van der Waals surface area contributed by atoms with E-state index in [1.54, 1.807) is 11.0 Å². The smallest absolute Gasteiger partial charge is 0.238 e. The lowest BCUT2D eigenvalue weighted by Crippen LogP contribution is -2.21. The molecule has 84 valence electrons. The zero-order valence-electron chi connectivity index (χ0n) is 9.31. The van der Waals surface area contributed by atoms with Crippen LogP contribution in [0.2, 0.25) is 0 Å². The number of para-hydroxylation sites is 2. The highest BCUT2D eigenvalue weighted by Gasteiger charge is 2.04. The van der Waals surface area contributed by atoms with Crippen molar-refractivity contribution in [2.45, 2.75) is 26.2 Å². The maximum absolute atomic E-state index is 11.6. The van der Waals surface area contributed by atoms with Gasteiger partial charge in [0, 0.05) is 6.42 Å². The van der Waals surface area contributed by atoms with E-state index in [0.29, 0.717) is 6.42 Å². The normalized spacial score (nSPS) is 10.6. The van der Waals surface area contributed by atoms with Crippen LogP contribution in [-0.4, -0.2) is 15.6 Å². The lowest BCUT2D eigenvalue weighted by atomic mass is 10.2. The quantitative estimate of drug-likeness (QED) is 0.854. The third-order valence-electron chi connectivity index (χ3n) is 2.46. The van der Waals surface area contributed by atoms with Gasteiger partial charge in [0.1, 0.15) is 6.33 Å². The molecule has 1 N–H and O–H groups in total. The van der Waals surface area contributed by atoms with Gasteiger partial charge >= 0.3 is 0 Å². The van der Waals surface area contributed by atoms with Crippen molar-refractivity contribution < 1.29 is 4.79 Å². The van der Waals surface area contributed by atoms with Crippen LogP contribution in [0.5, 0.6) is 0 Å². The number of rotatable bonds is 4. The van der Waals surface area contributed by atoms with Crippen molar-refractivity contribution in [3.05, 3.63) is 30.6 Å². The maximum Gasteiger partial charge on any atom is 0.238 e. The molecule has 1 aromatic carbocycles.